The molecule has 0 spiro atoms. The molecule has 0 bridgehead atoms. The Bertz CT molecular complexity index is 1180. The first-order valence-corrected chi connectivity index (χ1v) is 9.01. The van der Waals surface area contributed by atoms with Crippen LogP contribution in [0.4, 0.5) is 11.4 Å². The number of aliphatic hydroxyl groups is 1. The van der Waals surface area contributed by atoms with E-state index in [9.17, 15) is 24.8 Å². The zero-order valence-electron chi connectivity index (χ0n) is 15.5. The molecule has 0 aliphatic carbocycles. The number of pyridine rings is 1. The molecule has 4 rings (SSSR count). The third-order valence-electron chi connectivity index (χ3n) is 4.78. The van der Waals surface area contributed by atoms with Gasteiger partial charge in [0.2, 0.25) is 0 Å². The van der Waals surface area contributed by atoms with Crippen molar-refractivity contribution in [3.05, 3.63) is 106 Å². The van der Waals surface area contributed by atoms with E-state index < -0.39 is 28.4 Å². The summed E-state index contributed by atoms with van der Waals surface area (Å²) in [6.07, 6.45) is 1.52. The summed E-state index contributed by atoms with van der Waals surface area (Å²) in [5, 5.41) is 22.0. The summed E-state index contributed by atoms with van der Waals surface area (Å²) in [5.74, 6) is -2.20. The van der Waals surface area contributed by atoms with Gasteiger partial charge in [-0.15, -0.1) is 0 Å². The van der Waals surface area contributed by atoms with Crippen molar-refractivity contribution in [1.82, 2.24) is 4.98 Å². The fourth-order valence-electron chi connectivity index (χ4n) is 3.43. The Kier molecular flexibility index (Phi) is 4.81. The molecule has 1 N–H and O–H groups in total. The number of non-ortho nitro benzene ring substituents is 1. The highest BCUT2D eigenvalue weighted by Crippen LogP contribution is 2.41. The molecule has 30 heavy (non-hydrogen) atoms. The molecule has 1 amide bonds. The zero-order chi connectivity index (χ0) is 21.3. The second-order valence-corrected chi connectivity index (χ2v) is 6.57. The minimum absolute atomic E-state index is 0.0659. The highest BCUT2D eigenvalue weighted by atomic mass is 16.6. The van der Waals surface area contributed by atoms with Crippen LogP contribution in [0.25, 0.3) is 5.76 Å². The lowest BCUT2D eigenvalue weighted by Gasteiger charge is -2.24. The van der Waals surface area contributed by atoms with Gasteiger partial charge in [-0.2, -0.15) is 0 Å². The van der Waals surface area contributed by atoms with Gasteiger partial charge in [0.05, 0.1) is 16.2 Å². The van der Waals surface area contributed by atoms with Crippen LogP contribution in [0, 0.1) is 10.1 Å². The van der Waals surface area contributed by atoms with Crippen molar-refractivity contribution in [3.63, 3.8) is 0 Å². The zero-order valence-corrected chi connectivity index (χ0v) is 15.5. The normalized spacial score (nSPS) is 17.9. The number of nitrogens with zero attached hydrogens (tertiary/aromatic N) is 3. The molecular weight excluding hydrogens is 386 g/mol. The van der Waals surface area contributed by atoms with E-state index in [1.165, 1.54) is 29.3 Å². The minimum Gasteiger partial charge on any atom is -0.507 e. The largest absolute Gasteiger partial charge is 0.507 e. The highest BCUT2D eigenvalue weighted by molar-refractivity contribution is 6.51. The molecule has 0 saturated carbocycles. The molecule has 1 aliphatic rings. The predicted octanol–water partition coefficient (Wildman–Crippen LogP) is 3.62. The standard InChI is InChI=1S/C22H15N3O5/c26-20(14-7-6-10-16(13-14)25(29)30)18-19(17-11-4-5-12-23-17)24(22(28)21(18)27)15-8-2-1-3-9-15/h1-13,19,26H/b20-18-. The van der Waals surface area contributed by atoms with Gasteiger partial charge in [-0.25, -0.2) is 0 Å². The minimum atomic E-state index is -0.979. The second-order valence-electron chi connectivity index (χ2n) is 6.57. The van der Waals surface area contributed by atoms with Gasteiger partial charge in [0.1, 0.15) is 11.8 Å². The summed E-state index contributed by atoms with van der Waals surface area (Å²) >= 11 is 0. The number of nitro benzene ring substituents is 1. The number of rotatable bonds is 4. The van der Waals surface area contributed by atoms with Gasteiger partial charge in [0.15, 0.2) is 0 Å². The van der Waals surface area contributed by atoms with Gasteiger partial charge < -0.3 is 5.11 Å². The number of amides is 1. The SMILES string of the molecule is O=C1C(=O)N(c2ccccc2)C(c2ccccn2)/C1=C(/O)c1cccc([N+](=O)[O-])c1. The van der Waals surface area contributed by atoms with Gasteiger partial charge in [-0.1, -0.05) is 36.4 Å². The van der Waals surface area contributed by atoms with Gasteiger partial charge in [-0.05, 0) is 24.3 Å². The van der Waals surface area contributed by atoms with Crippen molar-refractivity contribution in [1.29, 1.82) is 0 Å². The number of Topliss-reactive ketones (excluding diaryl/α,β-unsaturated/α-hetero) is 1. The molecule has 0 radical (unpaired) electrons. The molecule has 1 aromatic heterocycles. The lowest BCUT2D eigenvalue weighted by Crippen LogP contribution is -2.29. The van der Waals surface area contributed by atoms with E-state index in [0.29, 0.717) is 11.4 Å². The maximum atomic E-state index is 12.9. The Morgan fingerprint density at radius 3 is 2.40 bits per heavy atom. The van der Waals surface area contributed by atoms with E-state index in [2.05, 4.69) is 4.98 Å². The number of para-hydroxylation sites is 1. The first-order chi connectivity index (χ1) is 14.5. The van der Waals surface area contributed by atoms with Crippen LogP contribution in [-0.2, 0) is 9.59 Å². The lowest BCUT2D eigenvalue weighted by atomic mass is 9.98. The van der Waals surface area contributed by atoms with Crippen LogP contribution in [0.15, 0.2) is 84.6 Å². The van der Waals surface area contributed by atoms with Gasteiger partial charge in [0.25, 0.3) is 17.4 Å². The average molecular weight is 401 g/mol. The van der Waals surface area contributed by atoms with Crippen LogP contribution in [-0.4, -0.2) is 26.7 Å². The van der Waals surface area contributed by atoms with E-state index in [1.807, 2.05) is 0 Å². The maximum absolute atomic E-state index is 12.9. The van der Waals surface area contributed by atoms with Crippen LogP contribution in [0.5, 0.6) is 0 Å². The molecule has 1 fully saturated rings. The fraction of sp³-hybridized carbons (Fsp3) is 0.0455. The Labute approximate surface area is 170 Å². The van der Waals surface area contributed by atoms with Crippen LogP contribution in [0.1, 0.15) is 17.3 Å². The third-order valence-corrected chi connectivity index (χ3v) is 4.78. The van der Waals surface area contributed by atoms with E-state index in [4.69, 9.17) is 0 Å². The number of carbonyl (C=O) groups is 2. The molecule has 1 unspecified atom stereocenters. The van der Waals surface area contributed by atoms with Gasteiger partial charge in [-0.3, -0.25) is 29.6 Å². The Morgan fingerprint density at radius 1 is 1.00 bits per heavy atom. The summed E-state index contributed by atoms with van der Waals surface area (Å²) in [4.78, 5) is 41.9. The molecule has 8 nitrogen and oxygen atoms in total. The molecule has 1 saturated heterocycles. The summed E-state index contributed by atoms with van der Waals surface area (Å²) in [6.45, 7) is 0. The van der Waals surface area contributed by atoms with Crippen molar-refractivity contribution >= 4 is 28.8 Å². The van der Waals surface area contributed by atoms with E-state index >= 15 is 0 Å². The van der Waals surface area contributed by atoms with Crippen molar-refractivity contribution in [3.8, 4) is 0 Å². The van der Waals surface area contributed by atoms with Crippen LogP contribution < -0.4 is 4.90 Å². The van der Waals surface area contributed by atoms with Gasteiger partial charge in [0, 0.05) is 29.6 Å². The van der Waals surface area contributed by atoms with Gasteiger partial charge >= 0.3 is 0 Å². The first kappa shape index (κ1) is 19.0. The quantitative estimate of drug-likeness (QED) is 0.235. The summed E-state index contributed by atoms with van der Waals surface area (Å²) < 4.78 is 0. The third kappa shape index (κ3) is 3.20. The van der Waals surface area contributed by atoms with E-state index in [-0.39, 0.29) is 16.8 Å². The van der Waals surface area contributed by atoms with Crippen LogP contribution >= 0.6 is 0 Å². The first-order valence-electron chi connectivity index (χ1n) is 9.01. The number of carbonyl (C=O) groups excluding carboxylic acids is 2. The smallest absolute Gasteiger partial charge is 0.300 e. The number of hydrogen-bond donors (Lipinski definition) is 1. The molecule has 3 aromatic rings. The van der Waals surface area contributed by atoms with Crippen molar-refractivity contribution in [2.24, 2.45) is 0 Å². The van der Waals surface area contributed by atoms with E-state index in [1.54, 1.807) is 48.5 Å². The molecule has 8 heteroatoms. The summed E-state index contributed by atoms with van der Waals surface area (Å²) in [6, 6.07) is 17.9. The van der Waals surface area contributed by atoms with Crippen molar-refractivity contribution in [2.75, 3.05) is 4.90 Å². The fourth-order valence-corrected chi connectivity index (χ4v) is 3.43. The molecule has 148 valence electrons. The maximum Gasteiger partial charge on any atom is 0.300 e. The summed E-state index contributed by atoms with van der Waals surface area (Å²) in [7, 11) is 0. The molecule has 1 aliphatic heterocycles. The average Bonchev–Trinajstić information content (AvgIpc) is 3.05. The van der Waals surface area contributed by atoms with Crippen molar-refractivity contribution < 1.29 is 19.6 Å². The number of anilines is 1. The Balaban J connectivity index is 1.94. The van der Waals surface area contributed by atoms with E-state index in [0.717, 1.165) is 6.07 Å². The Hall–Kier alpha value is -4.33. The molecule has 1 atom stereocenters. The highest BCUT2D eigenvalue weighted by Gasteiger charge is 2.47. The molecule has 2 heterocycles. The second kappa shape index (κ2) is 7.59. The molecular formula is C22H15N3O5. The number of ketones is 1. The number of aliphatic hydroxyl groups excluding tert-OH is 1. The number of aromatic nitrogens is 1. The van der Waals surface area contributed by atoms with Crippen molar-refractivity contribution in [2.45, 2.75) is 6.04 Å². The number of nitro groups is 1. The topological polar surface area (TPSA) is 114 Å². The van der Waals surface area contributed by atoms with Crippen LogP contribution in [0.3, 0.4) is 0 Å². The number of benzene rings is 2. The molecule has 2 aromatic carbocycles. The monoisotopic (exact) mass is 401 g/mol. The summed E-state index contributed by atoms with van der Waals surface area (Å²) in [5.41, 5.74) is 0.492. The predicted molar refractivity (Wildman–Crippen MR) is 109 cm³/mol. The Morgan fingerprint density at radius 2 is 1.73 bits per heavy atom. The van der Waals surface area contributed by atoms with Crippen LogP contribution in [0.2, 0.25) is 0 Å². The number of hydrogen-bond acceptors (Lipinski definition) is 6. The lowest BCUT2D eigenvalue weighted by molar-refractivity contribution is -0.384.